The van der Waals surface area contributed by atoms with E-state index >= 15 is 0 Å². The summed E-state index contributed by atoms with van der Waals surface area (Å²) in [7, 11) is 0. The van der Waals surface area contributed by atoms with Crippen LogP contribution in [0.1, 0.15) is 5.56 Å². The Morgan fingerprint density at radius 2 is 2.07 bits per heavy atom. The number of piperazine rings is 1. The molecular weight excluding hydrogens is 216 g/mol. The molecule has 0 aliphatic carbocycles. The van der Waals surface area contributed by atoms with E-state index < -0.39 is 0 Å². The highest BCUT2D eigenvalue weighted by Gasteiger charge is 2.14. The zero-order chi connectivity index (χ0) is 9.97. The Labute approximate surface area is 94.3 Å². The van der Waals surface area contributed by atoms with Crippen molar-refractivity contribution in [1.82, 2.24) is 15.3 Å². The van der Waals surface area contributed by atoms with Crippen LogP contribution < -0.4 is 15.8 Å². The third-order valence-corrected chi connectivity index (χ3v) is 2.48. The first-order valence-corrected chi connectivity index (χ1v) is 4.79. The lowest BCUT2D eigenvalue weighted by molar-refractivity contribution is 0.583. The van der Waals surface area contributed by atoms with E-state index in [4.69, 9.17) is 0 Å². The second kappa shape index (κ2) is 5.14. The van der Waals surface area contributed by atoms with Crippen LogP contribution in [0.5, 0.6) is 0 Å². The molecule has 84 valence electrons. The fraction of sp³-hybridized carbons (Fsp3) is 0.556. The molecule has 15 heavy (non-hydrogen) atoms. The number of halogens is 1. The Bertz CT molecular complexity index is 373. The van der Waals surface area contributed by atoms with Crippen LogP contribution in [0.2, 0.25) is 0 Å². The van der Waals surface area contributed by atoms with E-state index in [2.05, 4.69) is 20.2 Å². The maximum atomic E-state index is 11.3. The Balaban J connectivity index is 0.00000112. The summed E-state index contributed by atoms with van der Waals surface area (Å²) in [6.07, 6.45) is 1.46. The number of rotatable bonds is 1. The van der Waals surface area contributed by atoms with Crippen molar-refractivity contribution in [3.05, 3.63) is 22.2 Å². The van der Waals surface area contributed by atoms with Crippen LogP contribution in [0.4, 0.5) is 5.82 Å². The van der Waals surface area contributed by atoms with E-state index in [-0.39, 0.29) is 18.0 Å². The van der Waals surface area contributed by atoms with Gasteiger partial charge in [0.15, 0.2) is 0 Å². The van der Waals surface area contributed by atoms with E-state index in [9.17, 15) is 4.79 Å². The van der Waals surface area contributed by atoms with Gasteiger partial charge in [0, 0.05) is 26.2 Å². The zero-order valence-corrected chi connectivity index (χ0v) is 9.43. The lowest BCUT2D eigenvalue weighted by Crippen LogP contribution is -2.44. The van der Waals surface area contributed by atoms with Gasteiger partial charge in [-0.1, -0.05) is 0 Å². The van der Waals surface area contributed by atoms with Gasteiger partial charge in [0.25, 0.3) is 5.56 Å². The molecule has 1 aromatic heterocycles. The van der Waals surface area contributed by atoms with Crippen molar-refractivity contribution in [2.45, 2.75) is 6.92 Å². The summed E-state index contributed by atoms with van der Waals surface area (Å²) in [6.45, 7) is 5.54. The zero-order valence-electron chi connectivity index (χ0n) is 8.62. The highest BCUT2D eigenvalue weighted by Crippen LogP contribution is 2.11. The van der Waals surface area contributed by atoms with Crippen molar-refractivity contribution in [2.24, 2.45) is 0 Å². The van der Waals surface area contributed by atoms with Crippen LogP contribution in [-0.2, 0) is 0 Å². The Morgan fingerprint density at radius 3 is 2.73 bits per heavy atom. The van der Waals surface area contributed by atoms with Gasteiger partial charge in [-0.2, -0.15) is 0 Å². The molecule has 2 rings (SSSR count). The lowest BCUT2D eigenvalue weighted by atomic mass is 10.3. The second-order valence-electron chi connectivity index (χ2n) is 3.42. The molecule has 1 fully saturated rings. The van der Waals surface area contributed by atoms with Crippen LogP contribution in [0, 0.1) is 6.92 Å². The first-order chi connectivity index (χ1) is 6.79. The molecule has 0 atom stereocenters. The molecular formula is C9H15ClN4O. The van der Waals surface area contributed by atoms with Crippen LogP contribution in [-0.4, -0.2) is 36.1 Å². The van der Waals surface area contributed by atoms with Crippen LogP contribution in [0.15, 0.2) is 11.1 Å². The monoisotopic (exact) mass is 230 g/mol. The van der Waals surface area contributed by atoms with E-state index in [0.717, 1.165) is 32.0 Å². The summed E-state index contributed by atoms with van der Waals surface area (Å²) in [5.74, 6) is 0.815. The minimum Gasteiger partial charge on any atom is -0.354 e. The summed E-state index contributed by atoms with van der Waals surface area (Å²) in [6, 6.07) is 0. The molecule has 1 saturated heterocycles. The predicted octanol–water partition coefficient (Wildman–Crippen LogP) is -0.0903. The van der Waals surface area contributed by atoms with Crippen molar-refractivity contribution in [3.8, 4) is 0 Å². The molecule has 0 bridgehead atoms. The number of nitrogens with zero attached hydrogens (tertiary/aromatic N) is 2. The number of H-pyrrole nitrogens is 1. The molecule has 0 radical (unpaired) electrons. The van der Waals surface area contributed by atoms with Crippen molar-refractivity contribution in [3.63, 3.8) is 0 Å². The van der Waals surface area contributed by atoms with Gasteiger partial charge < -0.3 is 15.2 Å². The fourth-order valence-electron chi connectivity index (χ4n) is 1.65. The summed E-state index contributed by atoms with van der Waals surface area (Å²) < 4.78 is 0. The van der Waals surface area contributed by atoms with Crippen molar-refractivity contribution < 1.29 is 0 Å². The van der Waals surface area contributed by atoms with Gasteiger partial charge in [-0.25, -0.2) is 4.98 Å². The molecule has 0 aromatic carbocycles. The highest BCUT2D eigenvalue weighted by atomic mass is 35.5. The molecule has 1 aromatic rings. The first-order valence-electron chi connectivity index (χ1n) is 4.79. The summed E-state index contributed by atoms with van der Waals surface area (Å²) in [4.78, 5) is 20.3. The maximum Gasteiger partial charge on any atom is 0.255 e. The summed E-state index contributed by atoms with van der Waals surface area (Å²) in [5.41, 5.74) is 0.655. The largest absolute Gasteiger partial charge is 0.354 e. The van der Waals surface area contributed by atoms with E-state index in [0.29, 0.717) is 5.56 Å². The second-order valence-corrected chi connectivity index (χ2v) is 3.42. The Kier molecular flexibility index (Phi) is 4.11. The van der Waals surface area contributed by atoms with Crippen molar-refractivity contribution >= 4 is 18.2 Å². The average molecular weight is 231 g/mol. The van der Waals surface area contributed by atoms with E-state index in [1.807, 2.05) is 6.92 Å². The standard InChI is InChI=1S/C9H14N4O.ClH/c1-7-8(11-6-12-9(7)14)13-4-2-10-3-5-13;/h6,10H,2-5H2,1H3,(H,11,12,14);1H. The Hall–Kier alpha value is -1.07. The number of nitrogens with one attached hydrogen (secondary N) is 2. The molecule has 5 nitrogen and oxygen atoms in total. The van der Waals surface area contributed by atoms with Crippen LogP contribution in [0.25, 0.3) is 0 Å². The van der Waals surface area contributed by atoms with E-state index in [1.165, 1.54) is 6.33 Å². The third-order valence-electron chi connectivity index (χ3n) is 2.48. The number of hydrogen-bond donors (Lipinski definition) is 2. The average Bonchev–Trinajstić information content (AvgIpc) is 2.23. The maximum absolute atomic E-state index is 11.3. The molecule has 0 saturated carbocycles. The van der Waals surface area contributed by atoms with Crippen LogP contribution in [0.3, 0.4) is 0 Å². The number of aromatic nitrogens is 2. The molecule has 0 spiro atoms. The lowest BCUT2D eigenvalue weighted by Gasteiger charge is -2.28. The van der Waals surface area contributed by atoms with Gasteiger partial charge in [0.05, 0.1) is 11.9 Å². The van der Waals surface area contributed by atoms with Crippen molar-refractivity contribution in [2.75, 3.05) is 31.1 Å². The molecule has 2 heterocycles. The van der Waals surface area contributed by atoms with Gasteiger partial charge in [-0.05, 0) is 6.92 Å². The Morgan fingerprint density at radius 1 is 1.40 bits per heavy atom. The van der Waals surface area contributed by atoms with E-state index in [1.54, 1.807) is 0 Å². The molecule has 0 unspecified atom stereocenters. The number of aromatic amines is 1. The molecule has 1 aliphatic heterocycles. The summed E-state index contributed by atoms with van der Waals surface area (Å²) >= 11 is 0. The molecule has 2 N–H and O–H groups in total. The SMILES string of the molecule is Cc1c(N2CCNCC2)nc[nH]c1=O.Cl. The van der Waals surface area contributed by atoms with Crippen LogP contribution >= 0.6 is 12.4 Å². The van der Waals surface area contributed by atoms with Gasteiger partial charge in [0.1, 0.15) is 5.82 Å². The smallest absolute Gasteiger partial charge is 0.255 e. The molecule has 1 aliphatic rings. The molecule has 0 amide bonds. The van der Waals surface area contributed by atoms with Gasteiger partial charge in [-0.3, -0.25) is 4.79 Å². The van der Waals surface area contributed by atoms with Gasteiger partial charge in [0.2, 0.25) is 0 Å². The molecule has 6 heteroatoms. The normalized spacial score (nSPS) is 15.9. The minimum absolute atomic E-state index is 0. The summed E-state index contributed by atoms with van der Waals surface area (Å²) in [5, 5.41) is 3.26. The minimum atomic E-state index is -0.0477. The van der Waals surface area contributed by atoms with Gasteiger partial charge >= 0.3 is 0 Å². The number of anilines is 1. The fourth-order valence-corrected chi connectivity index (χ4v) is 1.65. The predicted molar refractivity (Wildman–Crippen MR) is 61.9 cm³/mol. The first kappa shape index (κ1) is 12.0. The van der Waals surface area contributed by atoms with Crippen molar-refractivity contribution in [1.29, 1.82) is 0 Å². The topological polar surface area (TPSA) is 61.0 Å². The highest BCUT2D eigenvalue weighted by molar-refractivity contribution is 5.85. The quantitative estimate of drug-likeness (QED) is 0.708. The van der Waals surface area contributed by atoms with Gasteiger partial charge in [-0.15, -0.1) is 12.4 Å². The third kappa shape index (κ3) is 2.49. The number of hydrogen-bond acceptors (Lipinski definition) is 4.